The number of carbonyl (C=O) groups excluding carboxylic acids is 1. The molecule has 1 aliphatic carbocycles. The molecule has 0 saturated heterocycles. The van der Waals surface area contributed by atoms with Crippen molar-refractivity contribution in [3.05, 3.63) is 120 Å². The monoisotopic (exact) mass is 472 g/mol. The van der Waals surface area contributed by atoms with Crippen LogP contribution in [-0.2, 0) is 10.3 Å². The highest BCUT2D eigenvalue weighted by molar-refractivity contribution is 6.03. The molecule has 1 saturated carbocycles. The number of nitrogens with two attached hydrogens (primary N) is 1. The number of amides is 1. The van der Waals surface area contributed by atoms with Gasteiger partial charge in [-0.05, 0) is 52.9 Å². The summed E-state index contributed by atoms with van der Waals surface area (Å²) in [4.78, 5) is 13.1. The zero-order valence-corrected chi connectivity index (χ0v) is 18.7. The molecular formula is C29H23F3N2O. The smallest absolute Gasteiger partial charge is 0.321 e. The Labute approximate surface area is 201 Å². The Morgan fingerprint density at radius 3 is 1.77 bits per heavy atom. The Balaban J connectivity index is 1.44. The number of alkyl halides is 3. The molecule has 4 aromatic rings. The topological polar surface area (TPSA) is 46.3 Å². The predicted octanol–water partition coefficient (Wildman–Crippen LogP) is 6.92. The molecule has 35 heavy (non-hydrogen) atoms. The minimum absolute atomic E-state index is 0.0656. The summed E-state index contributed by atoms with van der Waals surface area (Å²) < 4.78 is 40.5. The van der Waals surface area contributed by atoms with E-state index in [2.05, 4.69) is 0 Å². The van der Waals surface area contributed by atoms with Gasteiger partial charge in [0.25, 0.3) is 0 Å². The van der Waals surface area contributed by atoms with Crippen molar-refractivity contribution < 1.29 is 18.0 Å². The first kappa shape index (κ1) is 22.9. The Bertz CT molecular complexity index is 1320. The van der Waals surface area contributed by atoms with Crippen LogP contribution < -0.4 is 10.6 Å². The first-order chi connectivity index (χ1) is 16.8. The summed E-state index contributed by atoms with van der Waals surface area (Å²) in [7, 11) is 0. The molecule has 0 radical (unpaired) electrons. The lowest BCUT2D eigenvalue weighted by Gasteiger charge is -2.24. The molecule has 1 fully saturated rings. The van der Waals surface area contributed by atoms with Gasteiger partial charge in [-0.1, -0.05) is 84.9 Å². The number of carbonyl (C=O) groups is 1. The number of anilines is 2. The average molecular weight is 473 g/mol. The van der Waals surface area contributed by atoms with Crippen LogP contribution in [0.4, 0.5) is 24.5 Å². The minimum atomic E-state index is -5.02. The van der Waals surface area contributed by atoms with Crippen LogP contribution in [0.2, 0.25) is 0 Å². The highest BCUT2D eigenvalue weighted by Crippen LogP contribution is 2.56. The standard InChI is InChI=1S/C29H23F3N2O/c30-29(31,32)27(35)34(24-15-11-21(12-16-24)20-7-3-1-4-8-20)25-17-13-22(14-18-25)26-19-28(26,33)23-9-5-2-6-10-23/h1-18,26H,19,33H2. The molecule has 0 spiro atoms. The molecule has 2 N–H and O–H groups in total. The third kappa shape index (κ3) is 4.45. The molecule has 176 valence electrons. The van der Waals surface area contributed by atoms with Gasteiger partial charge in [-0.25, -0.2) is 0 Å². The van der Waals surface area contributed by atoms with Crippen molar-refractivity contribution in [1.29, 1.82) is 0 Å². The van der Waals surface area contributed by atoms with Gasteiger partial charge < -0.3 is 5.73 Å². The molecule has 0 aromatic heterocycles. The molecular weight excluding hydrogens is 449 g/mol. The number of halogens is 3. The maximum Gasteiger partial charge on any atom is 0.472 e. The normalized spacial score (nSPS) is 19.3. The van der Waals surface area contributed by atoms with Gasteiger partial charge in [-0.3, -0.25) is 9.69 Å². The second-order valence-corrected chi connectivity index (χ2v) is 8.81. The molecule has 2 unspecified atom stereocenters. The van der Waals surface area contributed by atoms with Crippen molar-refractivity contribution in [2.75, 3.05) is 4.90 Å². The van der Waals surface area contributed by atoms with E-state index in [0.717, 1.165) is 28.7 Å². The van der Waals surface area contributed by atoms with E-state index < -0.39 is 17.6 Å². The highest BCUT2D eigenvalue weighted by Gasteiger charge is 2.53. The van der Waals surface area contributed by atoms with Gasteiger partial charge in [-0.2, -0.15) is 13.2 Å². The third-order valence-electron chi connectivity index (χ3n) is 6.55. The van der Waals surface area contributed by atoms with Crippen LogP contribution in [0.25, 0.3) is 11.1 Å². The van der Waals surface area contributed by atoms with Gasteiger partial charge >= 0.3 is 12.1 Å². The quantitative estimate of drug-likeness (QED) is 0.343. The molecule has 6 heteroatoms. The summed E-state index contributed by atoms with van der Waals surface area (Å²) >= 11 is 0. The second kappa shape index (κ2) is 8.71. The largest absolute Gasteiger partial charge is 0.472 e. The fourth-order valence-electron chi connectivity index (χ4n) is 4.56. The van der Waals surface area contributed by atoms with Crippen LogP contribution in [0.3, 0.4) is 0 Å². The van der Waals surface area contributed by atoms with Crippen LogP contribution in [0.1, 0.15) is 23.5 Å². The van der Waals surface area contributed by atoms with Gasteiger partial charge in [0.15, 0.2) is 0 Å². The van der Waals surface area contributed by atoms with Crippen molar-refractivity contribution in [1.82, 2.24) is 0 Å². The fraction of sp³-hybridized carbons (Fsp3) is 0.138. The van der Waals surface area contributed by atoms with E-state index in [9.17, 15) is 18.0 Å². The maximum atomic E-state index is 13.5. The van der Waals surface area contributed by atoms with E-state index in [0.29, 0.717) is 4.90 Å². The number of hydrogen-bond acceptors (Lipinski definition) is 2. The Morgan fingerprint density at radius 1 is 0.743 bits per heavy atom. The highest BCUT2D eigenvalue weighted by atomic mass is 19.4. The van der Waals surface area contributed by atoms with Gasteiger partial charge in [-0.15, -0.1) is 0 Å². The molecule has 0 heterocycles. The Morgan fingerprint density at radius 2 is 1.23 bits per heavy atom. The van der Waals surface area contributed by atoms with E-state index in [1.165, 1.54) is 12.1 Å². The van der Waals surface area contributed by atoms with Gasteiger partial charge in [0.2, 0.25) is 0 Å². The Kier molecular flexibility index (Phi) is 5.69. The summed E-state index contributed by atoms with van der Waals surface area (Å²) in [5, 5.41) is 0. The minimum Gasteiger partial charge on any atom is -0.321 e. The lowest BCUT2D eigenvalue weighted by atomic mass is 9.99. The molecule has 0 bridgehead atoms. The van der Waals surface area contributed by atoms with Crippen LogP contribution in [0.15, 0.2) is 109 Å². The summed E-state index contributed by atoms with van der Waals surface area (Å²) in [5.74, 6) is -1.88. The number of rotatable bonds is 5. The molecule has 5 rings (SSSR count). The molecule has 4 aromatic carbocycles. The van der Waals surface area contributed by atoms with Crippen molar-refractivity contribution in [2.45, 2.75) is 24.1 Å². The van der Waals surface area contributed by atoms with Crippen LogP contribution in [-0.4, -0.2) is 12.1 Å². The lowest BCUT2D eigenvalue weighted by Crippen LogP contribution is -2.38. The first-order valence-electron chi connectivity index (χ1n) is 11.3. The summed E-state index contributed by atoms with van der Waals surface area (Å²) in [6, 6.07) is 32.4. The third-order valence-corrected chi connectivity index (χ3v) is 6.55. The van der Waals surface area contributed by atoms with Gasteiger partial charge in [0, 0.05) is 22.8 Å². The zero-order valence-electron chi connectivity index (χ0n) is 18.7. The molecule has 1 aliphatic rings. The van der Waals surface area contributed by atoms with Crippen LogP contribution in [0.5, 0.6) is 0 Å². The molecule has 2 atom stereocenters. The van der Waals surface area contributed by atoms with E-state index >= 15 is 0 Å². The van der Waals surface area contributed by atoms with E-state index in [4.69, 9.17) is 5.73 Å². The van der Waals surface area contributed by atoms with E-state index in [1.807, 2.05) is 60.7 Å². The van der Waals surface area contributed by atoms with Gasteiger partial charge in [0.05, 0.1) is 0 Å². The van der Waals surface area contributed by atoms with Crippen molar-refractivity contribution in [3.8, 4) is 11.1 Å². The van der Waals surface area contributed by atoms with E-state index in [-0.39, 0.29) is 17.3 Å². The molecule has 3 nitrogen and oxygen atoms in total. The predicted molar refractivity (Wildman–Crippen MR) is 131 cm³/mol. The zero-order chi connectivity index (χ0) is 24.6. The first-order valence-corrected chi connectivity index (χ1v) is 11.3. The second-order valence-electron chi connectivity index (χ2n) is 8.81. The van der Waals surface area contributed by atoms with Crippen molar-refractivity contribution in [3.63, 3.8) is 0 Å². The van der Waals surface area contributed by atoms with Crippen molar-refractivity contribution >= 4 is 17.3 Å². The summed E-state index contributed by atoms with van der Waals surface area (Å²) in [6.45, 7) is 0. The van der Waals surface area contributed by atoms with Gasteiger partial charge in [0.1, 0.15) is 0 Å². The Hall–Kier alpha value is -3.90. The number of nitrogens with zero attached hydrogens (tertiary/aromatic N) is 1. The summed E-state index contributed by atoms with van der Waals surface area (Å²) in [6.07, 6.45) is -4.27. The summed E-state index contributed by atoms with van der Waals surface area (Å²) in [5.41, 5.74) is 10.1. The SMILES string of the molecule is NC1(c2ccccc2)CC1c1ccc(N(C(=O)C(F)(F)F)c2ccc(-c3ccccc3)cc2)cc1. The van der Waals surface area contributed by atoms with E-state index in [1.54, 1.807) is 36.4 Å². The maximum absolute atomic E-state index is 13.5. The lowest BCUT2D eigenvalue weighted by molar-refractivity contribution is -0.169. The number of hydrogen-bond donors (Lipinski definition) is 1. The van der Waals surface area contributed by atoms with Crippen LogP contribution >= 0.6 is 0 Å². The number of benzene rings is 4. The fourth-order valence-corrected chi connectivity index (χ4v) is 4.56. The van der Waals surface area contributed by atoms with Crippen LogP contribution in [0, 0.1) is 0 Å². The molecule has 0 aliphatic heterocycles. The average Bonchev–Trinajstić information content (AvgIpc) is 3.58. The van der Waals surface area contributed by atoms with Crippen molar-refractivity contribution in [2.24, 2.45) is 5.73 Å². The molecule has 1 amide bonds.